The molecule has 0 aromatic heterocycles. The normalized spacial score (nSPS) is 27.9. The van der Waals surface area contributed by atoms with Crippen LogP contribution in [0.3, 0.4) is 0 Å². The molecule has 1 aliphatic rings. The molecule has 4 nitrogen and oxygen atoms in total. The number of rotatable bonds is 5. The van der Waals surface area contributed by atoms with Gasteiger partial charge >= 0.3 is 5.97 Å². The molecule has 1 aliphatic carbocycles. The predicted molar refractivity (Wildman–Crippen MR) is 56.3 cm³/mol. The van der Waals surface area contributed by atoms with Gasteiger partial charge in [-0.1, -0.05) is 27.2 Å². The van der Waals surface area contributed by atoms with Gasteiger partial charge in [0.25, 0.3) is 0 Å². The van der Waals surface area contributed by atoms with Crippen molar-refractivity contribution in [1.29, 1.82) is 0 Å². The molecule has 0 saturated heterocycles. The summed E-state index contributed by atoms with van der Waals surface area (Å²) in [6.07, 6.45) is 1.64. The van der Waals surface area contributed by atoms with Crippen LogP contribution in [0.15, 0.2) is 0 Å². The molecular weight excluding hydrogens is 194 g/mol. The minimum Gasteiger partial charge on any atom is -0.480 e. The molecule has 0 bridgehead atoms. The van der Waals surface area contributed by atoms with Crippen molar-refractivity contribution < 1.29 is 14.7 Å². The van der Waals surface area contributed by atoms with Gasteiger partial charge < -0.3 is 10.4 Å². The molecule has 15 heavy (non-hydrogen) atoms. The fourth-order valence-electron chi connectivity index (χ4n) is 1.63. The van der Waals surface area contributed by atoms with E-state index in [0.717, 1.165) is 12.8 Å². The van der Waals surface area contributed by atoms with Gasteiger partial charge in [0.05, 0.1) is 0 Å². The lowest BCUT2D eigenvalue weighted by Crippen LogP contribution is -2.45. The average molecular weight is 213 g/mol. The van der Waals surface area contributed by atoms with Crippen molar-refractivity contribution >= 4 is 11.9 Å². The van der Waals surface area contributed by atoms with Crippen LogP contribution in [0.1, 0.15) is 33.6 Å². The van der Waals surface area contributed by atoms with Crippen molar-refractivity contribution in [3.63, 3.8) is 0 Å². The van der Waals surface area contributed by atoms with Gasteiger partial charge in [0.1, 0.15) is 6.04 Å². The Morgan fingerprint density at radius 1 is 1.53 bits per heavy atom. The Hall–Kier alpha value is -1.06. The van der Waals surface area contributed by atoms with Crippen LogP contribution < -0.4 is 5.32 Å². The molecule has 0 radical (unpaired) electrons. The van der Waals surface area contributed by atoms with E-state index in [1.807, 2.05) is 20.8 Å². The van der Waals surface area contributed by atoms with Gasteiger partial charge in [-0.2, -0.15) is 0 Å². The first-order valence-electron chi connectivity index (χ1n) is 5.50. The molecule has 2 unspecified atom stereocenters. The van der Waals surface area contributed by atoms with Crippen LogP contribution in [0.4, 0.5) is 0 Å². The summed E-state index contributed by atoms with van der Waals surface area (Å²) in [7, 11) is 0. The summed E-state index contributed by atoms with van der Waals surface area (Å²) in [5.41, 5.74) is 0. The summed E-state index contributed by atoms with van der Waals surface area (Å²) in [5.74, 6) is -0.617. The van der Waals surface area contributed by atoms with Crippen LogP contribution in [0.25, 0.3) is 0 Å². The largest absolute Gasteiger partial charge is 0.480 e. The fourth-order valence-corrected chi connectivity index (χ4v) is 1.63. The first-order valence-corrected chi connectivity index (χ1v) is 5.50. The predicted octanol–water partition coefficient (Wildman–Crippen LogP) is 1.26. The Morgan fingerprint density at radius 3 is 2.40 bits per heavy atom. The van der Waals surface area contributed by atoms with E-state index in [2.05, 4.69) is 5.32 Å². The molecule has 0 heterocycles. The quantitative estimate of drug-likeness (QED) is 0.722. The molecule has 4 atom stereocenters. The van der Waals surface area contributed by atoms with E-state index in [1.54, 1.807) is 0 Å². The topological polar surface area (TPSA) is 66.4 Å². The molecule has 1 amide bonds. The summed E-state index contributed by atoms with van der Waals surface area (Å²) >= 11 is 0. The number of aliphatic carboxylic acids is 1. The number of hydrogen-bond donors (Lipinski definition) is 2. The van der Waals surface area contributed by atoms with Crippen LogP contribution in [0.5, 0.6) is 0 Å². The second-order valence-electron chi connectivity index (χ2n) is 4.53. The van der Waals surface area contributed by atoms with Crippen molar-refractivity contribution in [3.8, 4) is 0 Å². The van der Waals surface area contributed by atoms with Crippen molar-refractivity contribution in [2.45, 2.75) is 39.7 Å². The molecule has 0 aliphatic heterocycles. The molecule has 1 fully saturated rings. The lowest BCUT2D eigenvalue weighted by molar-refractivity contribution is -0.143. The summed E-state index contributed by atoms with van der Waals surface area (Å²) in [6, 6.07) is -0.740. The third-order valence-electron chi connectivity index (χ3n) is 3.22. The molecule has 0 aromatic carbocycles. The van der Waals surface area contributed by atoms with E-state index in [4.69, 9.17) is 5.11 Å². The Morgan fingerprint density at radius 2 is 2.07 bits per heavy atom. The minimum atomic E-state index is -0.939. The van der Waals surface area contributed by atoms with Crippen LogP contribution >= 0.6 is 0 Å². The summed E-state index contributed by atoms with van der Waals surface area (Å²) in [5, 5.41) is 11.6. The van der Waals surface area contributed by atoms with E-state index in [1.165, 1.54) is 0 Å². The van der Waals surface area contributed by atoms with E-state index in [0.29, 0.717) is 5.92 Å². The van der Waals surface area contributed by atoms with Gasteiger partial charge in [-0.25, -0.2) is 4.79 Å². The standard InChI is InChI=1S/C11H19NO3/c1-4-6(2)9(11(14)15)12-10(13)8-5-7(8)3/h6-9H,4-5H2,1-3H3,(H,12,13)(H,14,15)/t6-,7?,8?,9-/m0/s1. The molecular formula is C11H19NO3. The molecule has 86 valence electrons. The summed E-state index contributed by atoms with van der Waals surface area (Å²) in [4.78, 5) is 22.5. The maximum absolute atomic E-state index is 11.6. The highest BCUT2D eigenvalue weighted by molar-refractivity contribution is 5.86. The van der Waals surface area contributed by atoms with E-state index >= 15 is 0 Å². The highest BCUT2D eigenvalue weighted by atomic mass is 16.4. The minimum absolute atomic E-state index is 0.0273. The van der Waals surface area contributed by atoms with Crippen LogP contribution in [0.2, 0.25) is 0 Å². The fraction of sp³-hybridized carbons (Fsp3) is 0.818. The highest BCUT2D eigenvalue weighted by Gasteiger charge is 2.40. The first-order chi connectivity index (χ1) is 6.97. The molecule has 4 heteroatoms. The van der Waals surface area contributed by atoms with Crippen LogP contribution in [0, 0.1) is 17.8 Å². The zero-order valence-electron chi connectivity index (χ0n) is 9.49. The van der Waals surface area contributed by atoms with Gasteiger partial charge in [-0.05, 0) is 18.3 Å². The van der Waals surface area contributed by atoms with Crippen molar-refractivity contribution in [3.05, 3.63) is 0 Å². The van der Waals surface area contributed by atoms with Gasteiger partial charge in [0, 0.05) is 5.92 Å². The number of carboxylic acids is 1. The van der Waals surface area contributed by atoms with Gasteiger partial charge in [-0.3, -0.25) is 4.79 Å². The summed E-state index contributed by atoms with van der Waals surface area (Å²) in [6.45, 7) is 5.77. The van der Waals surface area contributed by atoms with E-state index in [-0.39, 0.29) is 17.7 Å². The molecule has 0 aromatic rings. The average Bonchev–Trinajstić information content (AvgIpc) is 2.90. The van der Waals surface area contributed by atoms with Crippen LogP contribution in [-0.4, -0.2) is 23.0 Å². The molecule has 2 N–H and O–H groups in total. The Balaban J connectivity index is 2.51. The zero-order valence-corrected chi connectivity index (χ0v) is 9.49. The highest BCUT2D eigenvalue weighted by Crippen LogP contribution is 2.37. The smallest absolute Gasteiger partial charge is 0.326 e. The second kappa shape index (κ2) is 4.64. The van der Waals surface area contributed by atoms with Crippen molar-refractivity contribution in [2.75, 3.05) is 0 Å². The Bertz CT molecular complexity index is 265. The first kappa shape index (κ1) is 12.0. The Kier molecular flexibility index (Phi) is 3.72. The number of hydrogen-bond acceptors (Lipinski definition) is 2. The lowest BCUT2D eigenvalue weighted by atomic mass is 9.99. The Labute approximate surface area is 90.0 Å². The summed E-state index contributed by atoms with van der Waals surface area (Å²) < 4.78 is 0. The number of amides is 1. The maximum Gasteiger partial charge on any atom is 0.326 e. The number of carbonyl (C=O) groups is 2. The number of carboxylic acid groups (broad SMARTS) is 1. The second-order valence-corrected chi connectivity index (χ2v) is 4.53. The number of carbonyl (C=O) groups excluding carboxylic acids is 1. The maximum atomic E-state index is 11.6. The molecule has 1 rings (SSSR count). The zero-order chi connectivity index (χ0) is 11.6. The monoisotopic (exact) mass is 213 g/mol. The van der Waals surface area contributed by atoms with E-state index < -0.39 is 12.0 Å². The van der Waals surface area contributed by atoms with E-state index in [9.17, 15) is 9.59 Å². The SMILES string of the molecule is CC[C@H](C)[C@H](NC(=O)C1CC1C)C(=O)O. The van der Waals surface area contributed by atoms with Gasteiger partial charge in [0.2, 0.25) is 5.91 Å². The molecule has 1 saturated carbocycles. The lowest BCUT2D eigenvalue weighted by Gasteiger charge is -2.20. The third kappa shape index (κ3) is 2.94. The van der Waals surface area contributed by atoms with Gasteiger partial charge in [-0.15, -0.1) is 0 Å². The third-order valence-corrected chi connectivity index (χ3v) is 3.22. The van der Waals surface area contributed by atoms with Crippen molar-refractivity contribution in [2.24, 2.45) is 17.8 Å². The number of nitrogens with one attached hydrogen (secondary N) is 1. The van der Waals surface area contributed by atoms with Crippen LogP contribution in [-0.2, 0) is 9.59 Å². The van der Waals surface area contributed by atoms with Crippen molar-refractivity contribution in [1.82, 2.24) is 5.32 Å². The van der Waals surface area contributed by atoms with Gasteiger partial charge in [0.15, 0.2) is 0 Å². The molecule has 0 spiro atoms.